The van der Waals surface area contributed by atoms with Gasteiger partial charge in [0.05, 0.1) is 20.6 Å². The summed E-state index contributed by atoms with van der Waals surface area (Å²) in [7, 11) is 3.05. The van der Waals surface area contributed by atoms with Crippen molar-refractivity contribution in [3.8, 4) is 17.2 Å². The summed E-state index contributed by atoms with van der Waals surface area (Å²) in [6, 6.07) is 11.5. The van der Waals surface area contributed by atoms with Crippen molar-refractivity contribution in [2.24, 2.45) is 0 Å². The Kier molecular flexibility index (Phi) is 6.56. The van der Waals surface area contributed by atoms with Crippen molar-refractivity contribution in [1.29, 1.82) is 0 Å². The molecule has 0 aliphatic rings. The molecule has 0 saturated carbocycles. The van der Waals surface area contributed by atoms with E-state index >= 15 is 0 Å². The first kappa shape index (κ1) is 18.5. The van der Waals surface area contributed by atoms with E-state index in [1.54, 1.807) is 36.4 Å². The predicted octanol–water partition coefficient (Wildman–Crippen LogP) is 3.16. The van der Waals surface area contributed by atoms with Crippen LogP contribution in [0.1, 0.15) is 11.1 Å². The Labute approximate surface area is 144 Å². The molecule has 25 heavy (non-hydrogen) atoms. The number of hydrogen-bond acceptors (Lipinski definition) is 4. The number of carbonyl (C=O) groups excluding carboxylic acids is 1. The van der Waals surface area contributed by atoms with Crippen LogP contribution >= 0.6 is 0 Å². The summed E-state index contributed by atoms with van der Waals surface area (Å²) in [4.78, 5) is 12.2. The summed E-state index contributed by atoms with van der Waals surface area (Å²) < 4.78 is 39.6. The van der Waals surface area contributed by atoms with E-state index < -0.39 is 6.61 Å². The number of methoxy groups -OCH3 is 2. The molecule has 0 heterocycles. The molecule has 0 radical (unpaired) electrons. The molecule has 2 aromatic rings. The molecule has 0 spiro atoms. The van der Waals surface area contributed by atoms with Crippen molar-refractivity contribution in [3.63, 3.8) is 0 Å². The number of alkyl halides is 2. The maximum atomic E-state index is 12.4. The molecule has 2 rings (SSSR count). The van der Waals surface area contributed by atoms with Crippen molar-refractivity contribution >= 4 is 5.91 Å². The number of carbonyl (C=O) groups is 1. The van der Waals surface area contributed by atoms with Gasteiger partial charge in [-0.1, -0.05) is 18.2 Å². The number of hydrogen-bond donors (Lipinski definition) is 1. The average molecular weight is 351 g/mol. The highest BCUT2D eigenvalue weighted by atomic mass is 19.3. The van der Waals surface area contributed by atoms with E-state index in [0.29, 0.717) is 22.6 Å². The van der Waals surface area contributed by atoms with Gasteiger partial charge in [0.1, 0.15) is 17.2 Å². The van der Waals surface area contributed by atoms with Gasteiger partial charge >= 0.3 is 6.61 Å². The highest BCUT2D eigenvalue weighted by Crippen LogP contribution is 2.24. The Hall–Kier alpha value is -2.83. The van der Waals surface area contributed by atoms with Gasteiger partial charge in [0.25, 0.3) is 0 Å². The van der Waals surface area contributed by atoms with Crippen molar-refractivity contribution in [1.82, 2.24) is 5.32 Å². The normalized spacial score (nSPS) is 10.4. The molecule has 0 aliphatic carbocycles. The first-order valence-corrected chi connectivity index (χ1v) is 7.53. The molecule has 1 amide bonds. The summed E-state index contributed by atoms with van der Waals surface area (Å²) in [5.74, 6) is 0.937. The Morgan fingerprint density at radius 2 is 1.80 bits per heavy atom. The summed E-state index contributed by atoms with van der Waals surface area (Å²) in [5, 5.41) is 2.69. The van der Waals surface area contributed by atoms with E-state index in [0.717, 1.165) is 0 Å². The number of halogens is 2. The van der Waals surface area contributed by atoms with Crippen LogP contribution in [0.4, 0.5) is 8.78 Å². The summed E-state index contributed by atoms with van der Waals surface area (Å²) in [5.41, 5.74) is 1.13. The van der Waals surface area contributed by atoms with Gasteiger partial charge in [0, 0.05) is 17.7 Å². The van der Waals surface area contributed by atoms with Crippen LogP contribution in [0.3, 0.4) is 0 Å². The standard InChI is InChI=1S/C18H19F2NO4/c1-23-14-7-8-15(24-2)13(9-14)10-17(22)21-11-12-5-3-4-6-16(12)25-18(19)20/h3-9,18H,10-11H2,1-2H3,(H,21,22). The third-order valence-corrected chi connectivity index (χ3v) is 3.50. The number of rotatable bonds is 8. The lowest BCUT2D eigenvalue weighted by Crippen LogP contribution is -2.25. The molecule has 0 atom stereocenters. The summed E-state index contributed by atoms with van der Waals surface area (Å²) >= 11 is 0. The van der Waals surface area contributed by atoms with Gasteiger partial charge in [-0.05, 0) is 24.3 Å². The molecule has 134 valence electrons. The molecule has 0 aromatic heterocycles. The van der Waals surface area contributed by atoms with Crippen LogP contribution in [-0.2, 0) is 17.8 Å². The maximum absolute atomic E-state index is 12.4. The largest absolute Gasteiger partial charge is 0.497 e. The zero-order chi connectivity index (χ0) is 18.2. The van der Waals surface area contributed by atoms with E-state index in [2.05, 4.69) is 10.1 Å². The van der Waals surface area contributed by atoms with Gasteiger partial charge < -0.3 is 19.5 Å². The van der Waals surface area contributed by atoms with Crippen LogP contribution < -0.4 is 19.5 Å². The first-order valence-electron chi connectivity index (χ1n) is 7.53. The lowest BCUT2D eigenvalue weighted by molar-refractivity contribution is -0.120. The Morgan fingerprint density at radius 1 is 1.04 bits per heavy atom. The second-order valence-corrected chi connectivity index (χ2v) is 5.12. The number of benzene rings is 2. The minimum atomic E-state index is -2.92. The Morgan fingerprint density at radius 3 is 2.48 bits per heavy atom. The number of para-hydroxylation sites is 1. The van der Waals surface area contributed by atoms with Crippen molar-refractivity contribution < 1.29 is 27.8 Å². The zero-order valence-electron chi connectivity index (χ0n) is 13.9. The van der Waals surface area contributed by atoms with Crippen molar-refractivity contribution in [3.05, 3.63) is 53.6 Å². The highest BCUT2D eigenvalue weighted by Gasteiger charge is 2.12. The van der Waals surface area contributed by atoms with Gasteiger partial charge in [-0.15, -0.1) is 0 Å². The topological polar surface area (TPSA) is 56.8 Å². The van der Waals surface area contributed by atoms with Crippen LogP contribution in [0, 0.1) is 0 Å². The van der Waals surface area contributed by atoms with E-state index in [9.17, 15) is 13.6 Å². The van der Waals surface area contributed by atoms with Crippen LogP contribution in [0.15, 0.2) is 42.5 Å². The average Bonchev–Trinajstić information content (AvgIpc) is 2.60. The first-order chi connectivity index (χ1) is 12.0. The third-order valence-electron chi connectivity index (χ3n) is 3.50. The maximum Gasteiger partial charge on any atom is 0.387 e. The fraction of sp³-hybridized carbons (Fsp3) is 0.278. The predicted molar refractivity (Wildman–Crippen MR) is 88.2 cm³/mol. The van der Waals surface area contributed by atoms with Crippen LogP contribution in [0.25, 0.3) is 0 Å². The molecule has 0 bridgehead atoms. The minimum Gasteiger partial charge on any atom is -0.497 e. The lowest BCUT2D eigenvalue weighted by atomic mass is 10.1. The monoisotopic (exact) mass is 351 g/mol. The van der Waals surface area contributed by atoms with E-state index in [4.69, 9.17) is 9.47 Å². The van der Waals surface area contributed by atoms with Gasteiger partial charge in [-0.25, -0.2) is 0 Å². The van der Waals surface area contributed by atoms with Crippen molar-refractivity contribution in [2.45, 2.75) is 19.6 Å². The molecule has 5 nitrogen and oxygen atoms in total. The Bertz CT molecular complexity index is 722. The second kappa shape index (κ2) is 8.86. The second-order valence-electron chi connectivity index (χ2n) is 5.12. The van der Waals surface area contributed by atoms with Gasteiger partial charge in [-0.3, -0.25) is 4.79 Å². The molecular weight excluding hydrogens is 332 g/mol. The summed E-state index contributed by atoms with van der Waals surface area (Å²) in [6.07, 6.45) is 0.0677. The Balaban J connectivity index is 2.02. The van der Waals surface area contributed by atoms with Gasteiger partial charge in [0.2, 0.25) is 5.91 Å². The molecule has 1 N–H and O–H groups in total. The van der Waals surface area contributed by atoms with E-state index in [-0.39, 0.29) is 24.6 Å². The minimum absolute atomic E-state index is 0.0387. The molecule has 0 fully saturated rings. The lowest BCUT2D eigenvalue weighted by Gasteiger charge is -2.13. The molecule has 0 saturated heterocycles. The van der Waals surface area contributed by atoms with Gasteiger partial charge in [-0.2, -0.15) is 8.78 Å². The SMILES string of the molecule is COc1ccc(OC)c(CC(=O)NCc2ccccc2OC(F)F)c1. The van der Waals surface area contributed by atoms with Crippen LogP contribution in [0.2, 0.25) is 0 Å². The van der Waals surface area contributed by atoms with E-state index in [1.165, 1.54) is 20.3 Å². The van der Waals surface area contributed by atoms with Crippen LogP contribution in [0.5, 0.6) is 17.2 Å². The molecule has 0 unspecified atom stereocenters. The third kappa shape index (κ3) is 5.34. The van der Waals surface area contributed by atoms with Crippen molar-refractivity contribution in [2.75, 3.05) is 14.2 Å². The molecule has 0 aliphatic heterocycles. The number of nitrogens with one attached hydrogen (secondary N) is 1. The number of ether oxygens (including phenoxy) is 3. The van der Waals surface area contributed by atoms with Crippen LogP contribution in [-0.4, -0.2) is 26.7 Å². The fourth-order valence-corrected chi connectivity index (χ4v) is 2.31. The van der Waals surface area contributed by atoms with E-state index in [1.807, 2.05) is 0 Å². The smallest absolute Gasteiger partial charge is 0.387 e. The van der Waals surface area contributed by atoms with Gasteiger partial charge in [0.15, 0.2) is 0 Å². The summed E-state index contributed by atoms with van der Waals surface area (Å²) in [6.45, 7) is -2.84. The number of amides is 1. The quantitative estimate of drug-likeness (QED) is 0.794. The zero-order valence-corrected chi connectivity index (χ0v) is 13.9. The molecular formula is C18H19F2NO4. The highest BCUT2D eigenvalue weighted by molar-refractivity contribution is 5.79. The molecule has 2 aromatic carbocycles. The molecule has 7 heteroatoms. The fourth-order valence-electron chi connectivity index (χ4n) is 2.31.